The van der Waals surface area contributed by atoms with Crippen LogP contribution in [0.2, 0.25) is 0 Å². The first-order valence-electron chi connectivity index (χ1n) is 7.19. The number of hydrogen-bond acceptors (Lipinski definition) is 5. The van der Waals surface area contributed by atoms with Crippen LogP contribution in [0.3, 0.4) is 0 Å². The van der Waals surface area contributed by atoms with E-state index < -0.39 is 10.0 Å². The molecule has 2 aromatic rings. The van der Waals surface area contributed by atoms with Crippen molar-refractivity contribution < 1.29 is 8.42 Å². The number of hydrogen-bond donors (Lipinski definition) is 0. The summed E-state index contributed by atoms with van der Waals surface area (Å²) in [7, 11) is -3.48. The summed E-state index contributed by atoms with van der Waals surface area (Å²) in [5, 5.41) is 0. The third-order valence-electron chi connectivity index (χ3n) is 3.79. The fourth-order valence-electron chi connectivity index (χ4n) is 2.74. The molecule has 1 aliphatic heterocycles. The average molecular weight is 318 g/mol. The van der Waals surface area contributed by atoms with Crippen molar-refractivity contribution in [2.45, 2.75) is 31.1 Å². The van der Waals surface area contributed by atoms with Gasteiger partial charge in [-0.25, -0.2) is 18.4 Å². The van der Waals surface area contributed by atoms with Crippen LogP contribution in [0.1, 0.15) is 29.6 Å². The Kier molecular flexibility index (Phi) is 3.92. The van der Waals surface area contributed by atoms with Crippen molar-refractivity contribution >= 4 is 10.0 Å². The molecule has 2 aromatic heterocycles. The summed E-state index contributed by atoms with van der Waals surface area (Å²) in [5.41, 5.74) is 1.83. The van der Waals surface area contributed by atoms with E-state index >= 15 is 0 Å². The lowest BCUT2D eigenvalue weighted by Crippen LogP contribution is -2.29. The highest BCUT2D eigenvalue weighted by Gasteiger charge is 2.34. The number of aromatic nitrogens is 3. The molecule has 22 heavy (non-hydrogen) atoms. The molecule has 3 heterocycles. The van der Waals surface area contributed by atoms with Gasteiger partial charge in [0, 0.05) is 42.8 Å². The zero-order valence-corrected chi connectivity index (χ0v) is 13.4. The predicted molar refractivity (Wildman–Crippen MR) is 81.9 cm³/mol. The number of rotatable bonds is 3. The second kappa shape index (κ2) is 5.73. The van der Waals surface area contributed by atoms with E-state index in [1.807, 2.05) is 19.9 Å². The van der Waals surface area contributed by atoms with Crippen molar-refractivity contribution in [1.82, 2.24) is 19.3 Å². The second-order valence-electron chi connectivity index (χ2n) is 5.55. The average Bonchev–Trinajstić information content (AvgIpc) is 2.98. The molecule has 0 N–H and O–H groups in total. The van der Waals surface area contributed by atoms with E-state index in [1.54, 1.807) is 18.3 Å². The molecule has 0 saturated carbocycles. The minimum Gasteiger partial charge on any atom is -0.263 e. The van der Waals surface area contributed by atoms with Crippen molar-refractivity contribution in [1.29, 1.82) is 0 Å². The quantitative estimate of drug-likeness (QED) is 0.860. The third kappa shape index (κ3) is 2.86. The number of pyridine rings is 1. The van der Waals surface area contributed by atoms with E-state index in [0.717, 1.165) is 23.6 Å². The number of sulfonamides is 1. The van der Waals surface area contributed by atoms with Crippen LogP contribution in [-0.4, -0.2) is 40.8 Å². The highest BCUT2D eigenvalue weighted by Crippen LogP contribution is 2.29. The van der Waals surface area contributed by atoms with Gasteiger partial charge >= 0.3 is 0 Å². The third-order valence-corrected chi connectivity index (χ3v) is 5.64. The van der Waals surface area contributed by atoms with E-state index in [4.69, 9.17) is 0 Å². The largest absolute Gasteiger partial charge is 0.263 e. The summed E-state index contributed by atoms with van der Waals surface area (Å²) in [4.78, 5) is 13.0. The van der Waals surface area contributed by atoms with E-state index in [2.05, 4.69) is 15.0 Å². The molecule has 7 heteroatoms. The van der Waals surface area contributed by atoms with Gasteiger partial charge in [0.05, 0.1) is 0 Å². The Bertz CT molecular complexity index is 757. The van der Waals surface area contributed by atoms with Crippen LogP contribution < -0.4 is 0 Å². The van der Waals surface area contributed by atoms with Gasteiger partial charge in [0.2, 0.25) is 10.0 Å². The molecular formula is C15H18N4O2S. The van der Waals surface area contributed by atoms with Crippen LogP contribution in [0.15, 0.2) is 35.5 Å². The van der Waals surface area contributed by atoms with Gasteiger partial charge < -0.3 is 0 Å². The zero-order chi connectivity index (χ0) is 15.7. The Hall–Kier alpha value is -1.86. The van der Waals surface area contributed by atoms with Gasteiger partial charge in [-0.2, -0.15) is 4.31 Å². The van der Waals surface area contributed by atoms with E-state index in [1.165, 1.54) is 10.5 Å². The van der Waals surface area contributed by atoms with Crippen LogP contribution in [-0.2, 0) is 10.0 Å². The lowest BCUT2D eigenvalue weighted by Gasteiger charge is -2.16. The molecule has 1 aliphatic rings. The molecule has 0 aliphatic carbocycles. The maximum absolute atomic E-state index is 12.6. The minimum atomic E-state index is -3.48. The standard InChI is InChI=1S/C15H18N4O2S/c1-11-8-12(2)18-15(17-11)13-5-7-19(10-13)22(20,21)14-4-3-6-16-9-14/h3-4,6,8-9,13H,5,7,10H2,1-2H3/t13-/m1/s1. The molecule has 0 unspecified atom stereocenters. The van der Waals surface area contributed by atoms with Gasteiger partial charge in [-0.05, 0) is 38.5 Å². The smallest absolute Gasteiger partial charge is 0.244 e. The Labute approximate surface area is 130 Å². The molecule has 0 bridgehead atoms. The van der Waals surface area contributed by atoms with Crippen molar-refractivity contribution in [2.75, 3.05) is 13.1 Å². The molecular weight excluding hydrogens is 300 g/mol. The van der Waals surface area contributed by atoms with E-state index in [-0.39, 0.29) is 10.8 Å². The van der Waals surface area contributed by atoms with Gasteiger partial charge in [0.1, 0.15) is 10.7 Å². The summed E-state index contributed by atoms with van der Waals surface area (Å²) < 4.78 is 26.7. The fraction of sp³-hybridized carbons (Fsp3) is 0.400. The maximum atomic E-state index is 12.6. The topological polar surface area (TPSA) is 76.1 Å². The van der Waals surface area contributed by atoms with Crippen LogP contribution >= 0.6 is 0 Å². The highest BCUT2D eigenvalue weighted by atomic mass is 32.2. The zero-order valence-electron chi connectivity index (χ0n) is 12.6. The Morgan fingerprint density at radius 3 is 2.59 bits per heavy atom. The normalized spacial score (nSPS) is 19.5. The van der Waals surface area contributed by atoms with Crippen LogP contribution in [0.25, 0.3) is 0 Å². The molecule has 0 radical (unpaired) electrons. The molecule has 0 amide bonds. The highest BCUT2D eigenvalue weighted by molar-refractivity contribution is 7.89. The predicted octanol–water partition coefficient (Wildman–Crippen LogP) is 1.67. The first kappa shape index (κ1) is 15.1. The van der Waals surface area contributed by atoms with Gasteiger partial charge in [-0.15, -0.1) is 0 Å². The van der Waals surface area contributed by atoms with Crippen molar-refractivity contribution in [3.63, 3.8) is 0 Å². The molecule has 1 atom stereocenters. The first-order valence-corrected chi connectivity index (χ1v) is 8.63. The molecule has 0 aromatic carbocycles. The maximum Gasteiger partial charge on any atom is 0.244 e. The molecule has 3 rings (SSSR count). The Morgan fingerprint density at radius 2 is 1.95 bits per heavy atom. The van der Waals surface area contributed by atoms with Crippen molar-refractivity contribution in [3.05, 3.63) is 47.8 Å². The minimum absolute atomic E-state index is 0.0463. The fourth-order valence-corrected chi connectivity index (χ4v) is 4.21. The van der Waals surface area contributed by atoms with Gasteiger partial charge in [0.25, 0.3) is 0 Å². The molecule has 1 fully saturated rings. The van der Waals surface area contributed by atoms with Gasteiger partial charge in [-0.3, -0.25) is 4.98 Å². The lowest BCUT2D eigenvalue weighted by molar-refractivity contribution is 0.470. The van der Waals surface area contributed by atoms with Gasteiger partial charge in [-0.1, -0.05) is 0 Å². The summed E-state index contributed by atoms with van der Waals surface area (Å²) in [6.45, 7) is 4.76. The summed E-state index contributed by atoms with van der Waals surface area (Å²) in [6.07, 6.45) is 3.69. The van der Waals surface area contributed by atoms with Crippen LogP contribution in [0.5, 0.6) is 0 Å². The monoisotopic (exact) mass is 318 g/mol. The Morgan fingerprint density at radius 1 is 1.23 bits per heavy atom. The van der Waals surface area contributed by atoms with Crippen LogP contribution in [0, 0.1) is 13.8 Å². The summed E-state index contributed by atoms with van der Waals surface area (Å²) >= 11 is 0. The summed E-state index contributed by atoms with van der Waals surface area (Å²) in [6, 6.07) is 5.12. The molecule has 1 saturated heterocycles. The molecule has 116 valence electrons. The van der Waals surface area contributed by atoms with Crippen molar-refractivity contribution in [2.24, 2.45) is 0 Å². The first-order chi connectivity index (χ1) is 10.5. The molecule has 0 spiro atoms. The Balaban J connectivity index is 1.83. The SMILES string of the molecule is Cc1cc(C)nc([C@@H]2CCN(S(=O)(=O)c3cccnc3)C2)n1. The van der Waals surface area contributed by atoms with Crippen LogP contribution in [0.4, 0.5) is 0 Å². The lowest BCUT2D eigenvalue weighted by atomic mass is 10.1. The molecule has 6 nitrogen and oxygen atoms in total. The number of aryl methyl sites for hydroxylation is 2. The summed E-state index contributed by atoms with van der Waals surface area (Å²) in [5.74, 6) is 0.784. The van der Waals surface area contributed by atoms with Gasteiger partial charge in [0.15, 0.2) is 0 Å². The number of nitrogens with zero attached hydrogens (tertiary/aromatic N) is 4. The van der Waals surface area contributed by atoms with E-state index in [9.17, 15) is 8.42 Å². The van der Waals surface area contributed by atoms with E-state index in [0.29, 0.717) is 13.1 Å². The second-order valence-corrected chi connectivity index (χ2v) is 7.48. The van der Waals surface area contributed by atoms with Crippen molar-refractivity contribution in [3.8, 4) is 0 Å².